The second-order valence-corrected chi connectivity index (χ2v) is 10.0. The van der Waals surface area contributed by atoms with E-state index in [-0.39, 0.29) is 6.04 Å². The summed E-state index contributed by atoms with van der Waals surface area (Å²) in [4.78, 5) is 2.47. The van der Waals surface area contributed by atoms with E-state index in [9.17, 15) is 8.42 Å². The van der Waals surface area contributed by atoms with E-state index in [1.807, 2.05) is 38.6 Å². The normalized spacial score (nSPS) is 24.4. The third kappa shape index (κ3) is 3.64. The number of nitrogens with zero attached hydrogens (tertiary/aromatic N) is 1. The van der Waals surface area contributed by atoms with Crippen molar-refractivity contribution in [3.63, 3.8) is 0 Å². The van der Waals surface area contributed by atoms with Crippen molar-refractivity contribution in [1.29, 1.82) is 0 Å². The molecule has 2 heterocycles. The maximum Gasteiger partial charge on any atom is 0.244 e. The van der Waals surface area contributed by atoms with E-state index in [1.165, 1.54) is 0 Å². The summed E-state index contributed by atoms with van der Waals surface area (Å²) >= 11 is 3.42. The fourth-order valence-corrected chi connectivity index (χ4v) is 7.06. The molecule has 1 aliphatic heterocycles. The van der Waals surface area contributed by atoms with Gasteiger partial charge in [-0.25, -0.2) is 8.42 Å². The molecular formula is C14H24N2O2S3. The fraction of sp³-hybridized carbons (Fsp3) is 0.714. The molecule has 4 nitrogen and oxygen atoms in total. The van der Waals surface area contributed by atoms with Crippen LogP contribution in [0.15, 0.2) is 11.0 Å². The van der Waals surface area contributed by atoms with Crippen LogP contribution in [-0.2, 0) is 16.6 Å². The van der Waals surface area contributed by atoms with Gasteiger partial charge >= 0.3 is 0 Å². The van der Waals surface area contributed by atoms with Gasteiger partial charge < -0.3 is 5.32 Å². The predicted molar refractivity (Wildman–Crippen MR) is 91.7 cm³/mol. The van der Waals surface area contributed by atoms with Gasteiger partial charge in [0.2, 0.25) is 10.0 Å². The molecule has 0 amide bonds. The molecule has 2 unspecified atom stereocenters. The highest BCUT2D eigenvalue weighted by molar-refractivity contribution is 8.00. The van der Waals surface area contributed by atoms with Crippen LogP contribution in [0.5, 0.6) is 0 Å². The molecule has 1 N–H and O–H groups in total. The summed E-state index contributed by atoms with van der Waals surface area (Å²) in [6.45, 7) is 10.3. The summed E-state index contributed by atoms with van der Waals surface area (Å²) in [5.41, 5.74) is 0. The third-order valence-corrected chi connectivity index (χ3v) is 8.52. The van der Waals surface area contributed by atoms with Gasteiger partial charge in [0.15, 0.2) is 0 Å². The van der Waals surface area contributed by atoms with Crippen LogP contribution in [-0.4, -0.2) is 42.9 Å². The van der Waals surface area contributed by atoms with Crippen LogP contribution in [0.1, 0.15) is 30.5 Å². The molecule has 0 saturated carbocycles. The van der Waals surface area contributed by atoms with Crippen molar-refractivity contribution in [3.05, 3.63) is 15.8 Å². The molecular weight excluding hydrogens is 324 g/mol. The predicted octanol–water partition coefficient (Wildman–Crippen LogP) is 2.68. The monoisotopic (exact) mass is 348 g/mol. The van der Waals surface area contributed by atoms with Crippen molar-refractivity contribution in [2.45, 2.75) is 50.4 Å². The van der Waals surface area contributed by atoms with Gasteiger partial charge in [0.25, 0.3) is 0 Å². The fourth-order valence-electron chi connectivity index (χ4n) is 2.49. The van der Waals surface area contributed by atoms with Crippen molar-refractivity contribution < 1.29 is 8.42 Å². The number of hydrogen-bond donors (Lipinski definition) is 1. The number of sulfonamides is 1. The minimum atomic E-state index is -3.38. The van der Waals surface area contributed by atoms with Crippen LogP contribution < -0.4 is 5.32 Å². The molecule has 1 saturated heterocycles. The first-order valence-corrected chi connectivity index (χ1v) is 10.6. The smallest absolute Gasteiger partial charge is 0.244 e. The Bertz CT molecular complexity index is 583. The van der Waals surface area contributed by atoms with E-state index in [4.69, 9.17) is 0 Å². The first-order chi connectivity index (χ1) is 9.87. The zero-order valence-electron chi connectivity index (χ0n) is 13.0. The van der Waals surface area contributed by atoms with Crippen LogP contribution >= 0.6 is 23.1 Å². The molecule has 7 heteroatoms. The first-order valence-electron chi connectivity index (χ1n) is 7.31. The lowest BCUT2D eigenvalue weighted by atomic mass is 10.2. The molecule has 1 aromatic heterocycles. The van der Waals surface area contributed by atoms with Gasteiger partial charge in [0.05, 0.1) is 4.90 Å². The molecule has 0 aromatic carbocycles. The van der Waals surface area contributed by atoms with Crippen LogP contribution in [0.25, 0.3) is 0 Å². The second-order valence-electron chi connectivity index (χ2n) is 5.35. The molecule has 0 radical (unpaired) electrons. The molecule has 21 heavy (non-hydrogen) atoms. The summed E-state index contributed by atoms with van der Waals surface area (Å²) in [6, 6.07) is 1.89. The first kappa shape index (κ1) is 17.3. The van der Waals surface area contributed by atoms with Crippen molar-refractivity contribution in [1.82, 2.24) is 9.62 Å². The van der Waals surface area contributed by atoms with E-state index < -0.39 is 10.0 Å². The lowest BCUT2D eigenvalue weighted by molar-refractivity contribution is 0.340. The van der Waals surface area contributed by atoms with Crippen LogP contribution in [0.2, 0.25) is 0 Å². The zero-order chi connectivity index (χ0) is 15.6. The SMILES string of the molecule is CCNCc1cc(S(=O)(=O)N2CCSC(C)C2C)c(C)s1. The van der Waals surface area contributed by atoms with Crippen LogP contribution in [0.3, 0.4) is 0 Å². The van der Waals surface area contributed by atoms with E-state index in [1.54, 1.807) is 15.6 Å². The number of nitrogens with one attached hydrogen (secondary N) is 1. The topological polar surface area (TPSA) is 49.4 Å². The van der Waals surface area contributed by atoms with Crippen molar-refractivity contribution in [2.75, 3.05) is 18.8 Å². The van der Waals surface area contributed by atoms with Crippen molar-refractivity contribution in [3.8, 4) is 0 Å². The quantitative estimate of drug-likeness (QED) is 0.889. The van der Waals surface area contributed by atoms with Gasteiger partial charge in [0, 0.05) is 39.9 Å². The van der Waals surface area contributed by atoms with Gasteiger partial charge in [-0.15, -0.1) is 11.3 Å². The number of thioether (sulfide) groups is 1. The number of hydrogen-bond acceptors (Lipinski definition) is 5. The average Bonchev–Trinajstić information content (AvgIpc) is 2.81. The van der Waals surface area contributed by atoms with E-state index in [2.05, 4.69) is 12.2 Å². The highest BCUT2D eigenvalue weighted by atomic mass is 32.2. The Morgan fingerprint density at radius 3 is 2.81 bits per heavy atom. The number of rotatable bonds is 5. The Labute approximate surface area is 136 Å². The second kappa shape index (κ2) is 7.00. The zero-order valence-corrected chi connectivity index (χ0v) is 15.5. The molecule has 2 atom stereocenters. The van der Waals surface area contributed by atoms with E-state index >= 15 is 0 Å². The molecule has 1 aromatic rings. The minimum Gasteiger partial charge on any atom is -0.312 e. The van der Waals surface area contributed by atoms with Crippen LogP contribution in [0, 0.1) is 6.92 Å². The van der Waals surface area contributed by atoms with Crippen molar-refractivity contribution >= 4 is 33.1 Å². The third-order valence-electron chi connectivity index (χ3n) is 3.89. The lowest BCUT2D eigenvalue weighted by Gasteiger charge is -2.36. The van der Waals surface area contributed by atoms with E-state index in [0.29, 0.717) is 16.7 Å². The summed E-state index contributed by atoms with van der Waals surface area (Å²) in [7, 11) is -3.38. The van der Waals surface area contributed by atoms with Gasteiger partial charge in [-0.05, 0) is 26.5 Å². The minimum absolute atomic E-state index is 0.0465. The van der Waals surface area contributed by atoms with Gasteiger partial charge in [-0.3, -0.25) is 0 Å². The molecule has 1 fully saturated rings. The Hall–Kier alpha value is -0.0800. The van der Waals surface area contributed by atoms with Crippen LogP contribution in [0.4, 0.5) is 0 Å². The Morgan fingerprint density at radius 2 is 2.14 bits per heavy atom. The maximum atomic E-state index is 13.0. The molecule has 0 aliphatic carbocycles. The summed E-state index contributed by atoms with van der Waals surface area (Å²) in [5.74, 6) is 0.873. The van der Waals surface area contributed by atoms with Crippen molar-refractivity contribution in [2.24, 2.45) is 0 Å². The maximum absolute atomic E-state index is 13.0. The van der Waals surface area contributed by atoms with E-state index in [0.717, 1.165) is 28.6 Å². The average molecular weight is 349 g/mol. The Kier molecular flexibility index (Phi) is 5.76. The molecule has 120 valence electrons. The highest BCUT2D eigenvalue weighted by Gasteiger charge is 2.36. The van der Waals surface area contributed by atoms with Gasteiger partial charge in [-0.1, -0.05) is 13.8 Å². The summed E-state index contributed by atoms with van der Waals surface area (Å²) in [5, 5.41) is 3.59. The molecule has 0 bridgehead atoms. The summed E-state index contributed by atoms with van der Waals surface area (Å²) < 4.78 is 27.6. The lowest BCUT2D eigenvalue weighted by Crippen LogP contribution is -2.47. The molecule has 2 rings (SSSR count). The van der Waals surface area contributed by atoms with Gasteiger partial charge in [0.1, 0.15) is 0 Å². The Balaban J connectivity index is 2.28. The molecule has 1 aliphatic rings. The molecule has 0 spiro atoms. The summed E-state index contributed by atoms with van der Waals surface area (Å²) in [6.07, 6.45) is 0. The number of aryl methyl sites for hydroxylation is 1. The van der Waals surface area contributed by atoms with Gasteiger partial charge in [-0.2, -0.15) is 16.1 Å². The largest absolute Gasteiger partial charge is 0.312 e. The standard InChI is InChI=1S/C14H24N2O2S3/c1-5-15-9-13-8-14(12(4)20-13)21(17,18)16-6-7-19-11(3)10(16)2/h8,10-11,15H,5-7,9H2,1-4H3. The Morgan fingerprint density at radius 1 is 1.43 bits per heavy atom. The highest BCUT2D eigenvalue weighted by Crippen LogP contribution is 2.33. The number of thiophene rings is 1.